The molecule has 0 radical (unpaired) electrons. The van der Waals surface area contributed by atoms with E-state index in [0.717, 1.165) is 12.3 Å². The maximum atomic E-state index is 14.7. The molecule has 1 fully saturated rings. The molecule has 0 unspecified atom stereocenters. The summed E-state index contributed by atoms with van der Waals surface area (Å²) in [5, 5.41) is 7.87. The van der Waals surface area contributed by atoms with E-state index in [0.29, 0.717) is 36.1 Å². The fourth-order valence-electron chi connectivity index (χ4n) is 4.52. The van der Waals surface area contributed by atoms with Crippen LogP contribution in [-0.2, 0) is 6.42 Å². The molecule has 1 aliphatic rings. The minimum atomic E-state index is -0.842. The summed E-state index contributed by atoms with van der Waals surface area (Å²) >= 11 is 0. The monoisotopic (exact) mass is 416 g/mol. The lowest BCUT2D eigenvalue weighted by molar-refractivity contribution is 0.248. The van der Waals surface area contributed by atoms with Gasteiger partial charge in [-0.15, -0.1) is 10.2 Å². The molecule has 1 aromatic carbocycles. The summed E-state index contributed by atoms with van der Waals surface area (Å²) in [4.78, 5) is 0. The van der Waals surface area contributed by atoms with Crippen molar-refractivity contribution in [1.82, 2.24) is 10.2 Å². The van der Waals surface area contributed by atoms with Gasteiger partial charge in [0.25, 0.3) is 0 Å². The topological polar surface area (TPSA) is 35.0 Å². The minimum Gasteiger partial charge on any atom is -0.477 e. The van der Waals surface area contributed by atoms with Crippen LogP contribution in [0.25, 0.3) is 11.3 Å². The standard InChI is InChI=1S/C25H34F2N2O/c1-3-5-6-7-18-8-10-19(11-9-18)12-13-20-14-15-21(25(27)24(20)26)22-16-17-23(29-28-22)30-4-2/h14-19H,3-13H2,1-2H3/t18-,19-. The number of hydrogen-bond acceptors (Lipinski definition) is 3. The molecule has 1 aromatic heterocycles. The van der Waals surface area contributed by atoms with Gasteiger partial charge in [0.2, 0.25) is 5.88 Å². The molecule has 0 N–H and O–H groups in total. The Morgan fingerprint density at radius 2 is 1.60 bits per heavy atom. The molecule has 0 atom stereocenters. The fourth-order valence-corrected chi connectivity index (χ4v) is 4.52. The molecule has 5 heteroatoms. The summed E-state index contributed by atoms with van der Waals surface area (Å²) in [5.41, 5.74) is 0.905. The van der Waals surface area contributed by atoms with Gasteiger partial charge in [0, 0.05) is 11.6 Å². The van der Waals surface area contributed by atoms with Crippen LogP contribution in [0.15, 0.2) is 24.3 Å². The average molecular weight is 417 g/mol. The van der Waals surface area contributed by atoms with Crippen molar-refractivity contribution >= 4 is 0 Å². The Kier molecular flexibility index (Phi) is 8.59. The number of nitrogens with zero attached hydrogens (tertiary/aromatic N) is 2. The van der Waals surface area contributed by atoms with E-state index in [-0.39, 0.29) is 5.56 Å². The third kappa shape index (κ3) is 5.99. The first kappa shape index (κ1) is 22.6. The van der Waals surface area contributed by atoms with E-state index >= 15 is 0 Å². The third-order valence-corrected chi connectivity index (χ3v) is 6.37. The predicted molar refractivity (Wildman–Crippen MR) is 116 cm³/mol. The molecular formula is C25H34F2N2O. The van der Waals surface area contributed by atoms with Crippen LogP contribution in [0, 0.1) is 23.5 Å². The van der Waals surface area contributed by atoms with Crippen molar-refractivity contribution in [2.75, 3.05) is 6.61 Å². The van der Waals surface area contributed by atoms with Crippen molar-refractivity contribution in [3.05, 3.63) is 41.5 Å². The molecule has 0 bridgehead atoms. The molecule has 1 heterocycles. The third-order valence-electron chi connectivity index (χ3n) is 6.37. The molecule has 1 aliphatic carbocycles. The van der Waals surface area contributed by atoms with E-state index in [9.17, 15) is 8.78 Å². The number of unbranched alkanes of at least 4 members (excludes halogenated alkanes) is 2. The van der Waals surface area contributed by atoms with Crippen molar-refractivity contribution < 1.29 is 13.5 Å². The molecule has 164 valence electrons. The number of aromatic nitrogens is 2. The Morgan fingerprint density at radius 3 is 2.23 bits per heavy atom. The molecular weight excluding hydrogens is 382 g/mol. The van der Waals surface area contributed by atoms with E-state index in [4.69, 9.17) is 4.74 Å². The Balaban J connectivity index is 1.55. The van der Waals surface area contributed by atoms with Gasteiger partial charge in [-0.3, -0.25) is 0 Å². The number of hydrogen-bond donors (Lipinski definition) is 0. The van der Waals surface area contributed by atoms with Crippen LogP contribution >= 0.6 is 0 Å². The highest BCUT2D eigenvalue weighted by Crippen LogP contribution is 2.35. The van der Waals surface area contributed by atoms with Gasteiger partial charge < -0.3 is 4.74 Å². The van der Waals surface area contributed by atoms with E-state index in [2.05, 4.69) is 17.1 Å². The summed E-state index contributed by atoms with van der Waals surface area (Å²) in [6.07, 6.45) is 11.9. The second-order valence-corrected chi connectivity index (χ2v) is 8.51. The molecule has 2 aromatic rings. The zero-order chi connectivity index (χ0) is 21.3. The maximum Gasteiger partial charge on any atom is 0.233 e. The van der Waals surface area contributed by atoms with Crippen molar-refractivity contribution in [2.24, 2.45) is 11.8 Å². The summed E-state index contributed by atoms with van der Waals surface area (Å²) < 4.78 is 34.6. The minimum absolute atomic E-state index is 0.138. The highest BCUT2D eigenvalue weighted by atomic mass is 19.2. The number of halogens is 2. The van der Waals surface area contributed by atoms with E-state index in [1.807, 2.05) is 6.92 Å². The first-order chi connectivity index (χ1) is 14.6. The van der Waals surface area contributed by atoms with E-state index < -0.39 is 11.6 Å². The summed E-state index contributed by atoms with van der Waals surface area (Å²) in [6.45, 7) is 4.58. The second-order valence-electron chi connectivity index (χ2n) is 8.51. The van der Waals surface area contributed by atoms with Crippen LogP contribution in [0.5, 0.6) is 5.88 Å². The SMILES string of the molecule is CCCCC[C@H]1CC[C@H](CCc2ccc(-c3ccc(OCC)nn3)c(F)c2F)CC1. The Hall–Kier alpha value is -2.04. The zero-order valence-corrected chi connectivity index (χ0v) is 18.3. The number of ether oxygens (including phenoxy) is 1. The molecule has 1 saturated carbocycles. The second kappa shape index (κ2) is 11.4. The summed E-state index contributed by atoms with van der Waals surface area (Å²) in [5.74, 6) is 0.281. The Bertz CT molecular complexity index is 786. The first-order valence-electron chi connectivity index (χ1n) is 11.6. The van der Waals surface area contributed by atoms with Crippen molar-refractivity contribution in [2.45, 2.75) is 78.1 Å². The van der Waals surface area contributed by atoms with Crippen LogP contribution in [-0.4, -0.2) is 16.8 Å². The Morgan fingerprint density at radius 1 is 0.867 bits per heavy atom. The fraction of sp³-hybridized carbons (Fsp3) is 0.600. The molecule has 0 aliphatic heterocycles. The van der Waals surface area contributed by atoms with Crippen LogP contribution in [0.4, 0.5) is 8.78 Å². The lowest BCUT2D eigenvalue weighted by atomic mass is 9.77. The lowest BCUT2D eigenvalue weighted by Gasteiger charge is -2.28. The maximum absolute atomic E-state index is 14.7. The van der Waals surface area contributed by atoms with Gasteiger partial charge in [-0.1, -0.05) is 64.4 Å². The molecule has 0 amide bonds. The summed E-state index contributed by atoms with van der Waals surface area (Å²) in [6, 6.07) is 6.54. The van der Waals surface area contributed by atoms with Gasteiger partial charge in [-0.05, 0) is 49.3 Å². The van der Waals surface area contributed by atoms with Crippen molar-refractivity contribution in [3.8, 4) is 17.1 Å². The van der Waals surface area contributed by atoms with Gasteiger partial charge in [0.15, 0.2) is 11.6 Å². The van der Waals surface area contributed by atoms with Gasteiger partial charge in [-0.2, -0.15) is 0 Å². The van der Waals surface area contributed by atoms with Gasteiger partial charge in [0.05, 0.1) is 12.3 Å². The lowest BCUT2D eigenvalue weighted by Crippen LogP contribution is -2.15. The summed E-state index contributed by atoms with van der Waals surface area (Å²) in [7, 11) is 0. The number of aryl methyl sites for hydroxylation is 1. The van der Waals surface area contributed by atoms with Crippen LogP contribution in [0.3, 0.4) is 0 Å². The van der Waals surface area contributed by atoms with Crippen LogP contribution in [0.1, 0.15) is 77.2 Å². The average Bonchev–Trinajstić information content (AvgIpc) is 2.77. The van der Waals surface area contributed by atoms with Gasteiger partial charge >= 0.3 is 0 Å². The van der Waals surface area contributed by atoms with Crippen molar-refractivity contribution in [1.29, 1.82) is 0 Å². The molecule has 3 nitrogen and oxygen atoms in total. The Labute approximate surface area is 179 Å². The largest absolute Gasteiger partial charge is 0.477 e. The van der Waals surface area contributed by atoms with Crippen LogP contribution < -0.4 is 4.74 Å². The van der Waals surface area contributed by atoms with Crippen molar-refractivity contribution in [3.63, 3.8) is 0 Å². The van der Waals surface area contributed by atoms with Crippen LogP contribution in [0.2, 0.25) is 0 Å². The van der Waals surface area contributed by atoms with Gasteiger partial charge in [-0.25, -0.2) is 8.78 Å². The normalized spacial score (nSPS) is 19.1. The first-order valence-corrected chi connectivity index (χ1v) is 11.6. The molecule has 0 spiro atoms. The smallest absolute Gasteiger partial charge is 0.233 e. The number of rotatable bonds is 10. The molecule has 0 saturated heterocycles. The van der Waals surface area contributed by atoms with Gasteiger partial charge in [0.1, 0.15) is 0 Å². The predicted octanol–water partition coefficient (Wildman–Crippen LogP) is 7.14. The highest BCUT2D eigenvalue weighted by molar-refractivity contribution is 5.60. The number of benzene rings is 1. The van der Waals surface area contributed by atoms with E-state index in [1.54, 1.807) is 24.3 Å². The molecule has 30 heavy (non-hydrogen) atoms. The van der Waals surface area contributed by atoms with E-state index in [1.165, 1.54) is 51.4 Å². The highest BCUT2D eigenvalue weighted by Gasteiger charge is 2.22. The quantitative estimate of drug-likeness (QED) is 0.386. The molecule has 3 rings (SSSR count). The zero-order valence-electron chi connectivity index (χ0n) is 18.3.